The molecule has 0 atom stereocenters. The number of imidazole rings is 1. The van der Waals surface area contributed by atoms with E-state index in [4.69, 9.17) is 0 Å². The zero-order valence-corrected chi connectivity index (χ0v) is 15.5. The first-order valence-electron chi connectivity index (χ1n) is 8.34. The lowest BCUT2D eigenvalue weighted by Gasteiger charge is -2.16. The maximum Gasteiger partial charge on any atom is 0.192 e. The Morgan fingerprint density at radius 2 is 2.04 bits per heavy atom. The van der Waals surface area contributed by atoms with Crippen LogP contribution in [-0.4, -0.2) is 26.4 Å². The van der Waals surface area contributed by atoms with Gasteiger partial charge in [0, 0.05) is 25.0 Å². The number of thiazole rings is 1. The minimum absolute atomic E-state index is 0.322. The second-order valence-corrected chi connectivity index (χ2v) is 6.87. The SMILES string of the molecule is CCc1nc2cnccn2c1N(C)c1nc(-c2ccc(F)cc2)c(C#N)s1. The van der Waals surface area contributed by atoms with Gasteiger partial charge in [-0.05, 0) is 30.7 Å². The van der Waals surface area contributed by atoms with Crippen molar-refractivity contribution in [2.24, 2.45) is 0 Å². The van der Waals surface area contributed by atoms with Crippen molar-refractivity contribution < 1.29 is 4.39 Å². The summed E-state index contributed by atoms with van der Waals surface area (Å²) in [6.45, 7) is 2.04. The van der Waals surface area contributed by atoms with E-state index in [2.05, 4.69) is 21.0 Å². The maximum atomic E-state index is 13.2. The Bertz CT molecular complexity index is 1160. The summed E-state index contributed by atoms with van der Waals surface area (Å²) in [4.78, 5) is 15.8. The summed E-state index contributed by atoms with van der Waals surface area (Å²) >= 11 is 1.30. The van der Waals surface area contributed by atoms with Crippen LogP contribution in [0.5, 0.6) is 0 Å². The Balaban J connectivity index is 1.83. The van der Waals surface area contributed by atoms with Crippen LogP contribution in [0.15, 0.2) is 42.9 Å². The molecule has 0 spiro atoms. The lowest BCUT2D eigenvalue weighted by molar-refractivity contribution is 0.628. The highest BCUT2D eigenvalue weighted by Crippen LogP contribution is 2.36. The molecule has 0 saturated heterocycles. The highest BCUT2D eigenvalue weighted by molar-refractivity contribution is 7.16. The summed E-state index contributed by atoms with van der Waals surface area (Å²) in [5.74, 6) is 0.565. The molecule has 134 valence electrons. The van der Waals surface area contributed by atoms with Crippen molar-refractivity contribution in [2.75, 3.05) is 11.9 Å². The van der Waals surface area contributed by atoms with Gasteiger partial charge in [0.1, 0.15) is 28.3 Å². The molecule has 0 amide bonds. The first-order valence-corrected chi connectivity index (χ1v) is 9.15. The molecule has 0 fully saturated rings. The van der Waals surface area contributed by atoms with Gasteiger partial charge in [0.25, 0.3) is 0 Å². The topological polar surface area (TPSA) is 70.1 Å². The molecule has 0 aliphatic rings. The van der Waals surface area contributed by atoms with Crippen molar-refractivity contribution >= 4 is 27.9 Å². The van der Waals surface area contributed by atoms with Gasteiger partial charge in [-0.15, -0.1) is 0 Å². The molecule has 0 radical (unpaired) electrons. The number of rotatable bonds is 4. The van der Waals surface area contributed by atoms with Crippen LogP contribution in [0.4, 0.5) is 15.3 Å². The first-order chi connectivity index (χ1) is 13.1. The Morgan fingerprint density at radius 1 is 1.26 bits per heavy atom. The van der Waals surface area contributed by atoms with Crippen molar-refractivity contribution in [3.63, 3.8) is 0 Å². The van der Waals surface area contributed by atoms with Crippen molar-refractivity contribution in [1.82, 2.24) is 19.4 Å². The highest BCUT2D eigenvalue weighted by atomic mass is 32.1. The Kier molecular flexibility index (Phi) is 4.30. The number of hydrogen-bond donors (Lipinski definition) is 0. The van der Waals surface area contributed by atoms with E-state index >= 15 is 0 Å². The monoisotopic (exact) mass is 378 g/mol. The number of aromatic nitrogens is 4. The standard InChI is InChI=1S/C19H15FN6S/c1-3-14-18(26-9-8-22-11-16(26)23-14)25(2)19-24-17(15(10-21)27-19)12-4-6-13(20)7-5-12/h4-9,11H,3H2,1-2H3. The minimum Gasteiger partial charge on any atom is -0.305 e. The number of benzene rings is 1. The van der Waals surface area contributed by atoms with E-state index in [0.29, 0.717) is 21.3 Å². The molecule has 4 rings (SSSR count). The fourth-order valence-electron chi connectivity index (χ4n) is 2.96. The highest BCUT2D eigenvalue weighted by Gasteiger charge is 2.21. The summed E-state index contributed by atoms with van der Waals surface area (Å²) < 4.78 is 15.2. The minimum atomic E-state index is -0.322. The zero-order valence-electron chi connectivity index (χ0n) is 14.7. The van der Waals surface area contributed by atoms with Crippen LogP contribution in [0.25, 0.3) is 16.9 Å². The smallest absolute Gasteiger partial charge is 0.192 e. The van der Waals surface area contributed by atoms with Gasteiger partial charge >= 0.3 is 0 Å². The van der Waals surface area contributed by atoms with Crippen molar-refractivity contribution in [2.45, 2.75) is 13.3 Å². The van der Waals surface area contributed by atoms with E-state index in [-0.39, 0.29) is 5.82 Å². The van der Waals surface area contributed by atoms with Crippen LogP contribution in [0.2, 0.25) is 0 Å². The molecule has 0 unspecified atom stereocenters. The summed E-state index contributed by atoms with van der Waals surface area (Å²) in [5, 5.41) is 10.2. The average molecular weight is 378 g/mol. The second-order valence-electron chi connectivity index (χ2n) is 5.89. The third-order valence-electron chi connectivity index (χ3n) is 4.25. The lowest BCUT2D eigenvalue weighted by Crippen LogP contribution is -2.13. The van der Waals surface area contributed by atoms with Crippen molar-refractivity contribution in [3.8, 4) is 17.3 Å². The fourth-order valence-corrected chi connectivity index (χ4v) is 3.81. The molecule has 4 aromatic rings. The molecular formula is C19H15FN6S. The van der Waals surface area contributed by atoms with Gasteiger partial charge in [-0.2, -0.15) is 5.26 Å². The molecule has 8 heteroatoms. The van der Waals surface area contributed by atoms with Gasteiger partial charge in [0.05, 0.1) is 11.9 Å². The number of aryl methyl sites for hydroxylation is 1. The van der Waals surface area contributed by atoms with Gasteiger partial charge in [-0.1, -0.05) is 18.3 Å². The van der Waals surface area contributed by atoms with E-state index < -0.39 is 0 Å². The van der Waals surface area contributed by atoms with E-state index in [1.165, 1.54) is 23.5 Å². The van der Waals surface area contributed by atoms with Gasteiger partial charge in [0.15, 0.2) is 10.8 Å². The normalized spacial score (nSPS) is 10.9. The van der Waals surface area contributed by atoms with Gasteiger partial charge < -0.3 is 4.90 Å². The molecule has 3 heterocycles. The summed E-state index contributed by atoms with van der Waals surface area (Å²) in [6.07, 6.45) is 6.02. The molecule has 0 aliphatic carbocycles. The number of anilines is 2. The number of nitriles is 1. The molecule has 0 bridgehead atoms. The van der Waals surface area contributed by atoms with Crippen LogP contribution in [0, 0.1) is 17.1 Å². The molecule has 1 aromatic carbocycles. The first kappa shape index (κ1) is 17.1. The zero-order chi connectivity index (χ0) is 19.0. The van der Waals surface area contributed by atoms with E-state index in [1.54, 1.807) is 24.5 Å². The van der Waals surface area contributed by atoms with Crippen LogP contribution in [0.1, 0.15) is 17.5 Å². The van der Waals surface area contributed by atoms with Crippen LogP contribution >= 0.6 is 11.3 Å². The molecular weight excluding hydrogens is 363 g/mol. The van der Waals surface area contributed by atoms with Crippen LogP contribution in [0.3, 0.4) is 0 Å². The molecule has 3 aromatic heterocycles. The third kappa shape index (κ3) is 2.92. The van der Waals surface area contributed by atoms with E-state index in [0.717, 1.165) is 23.6 Å². The van der Waals surface area contributed by atoms with Gasteiger partial charge in [-0.3, -0.25) is 9.38 Å². The fraction of sp³-hybridized carbons (Fsp3) is 0.158. The van der Waals surface area contributed by atoms with E-state index in [9.17, 15) is 9.65 Å². The number of halogens is 1. The summed E-state index contributed by atoms with van der Waals surface area (Å²) in [5.41, 5.74) is 2.94. The van der Waals surface area contributed by atoms with E-state index in [1.807, 2.05) is 29.5 Å². The van der Waals surface area contributed by atoms with Crippen molar-refractivity contribution in [1.29, 1.82) is 5.26 Å². The predicted molar refractivity (Wildman–Crippen MR) is 103 cm³/mol. The number of nitrogens with zero attached hydrogens (tertiary/aromatic N) is 6. The molecule has 27 heavy (non-hydrogen) atoms. The van der Waals surface area contributed by atoms with Crippen LogP contribution < -0.4 is 4.90 Å². The molecule has 0 saturated carbocycles. The predicted octanol–water partition coefficient (Wildman–Crippen LogP) is 4.19. The summed E-state index contributed by atoms with van der Waals surface area (Å²) in [6, 6.07) is 8.19. The average Bonchev–Trinajstić information content (AvgIpc) is 3.29. The second kappa shape index (κ2) is 6.78. The molecule has 0 aliphatic heterocycles. The van der Waals surface area contributed by atoms with Crippen molar-refractivity contribution in [3.05, 3.63) is 59.2 Å². The molecule has 6 nitrogen and oxygen atoms in total. The number of fused-ring (bicyclic) bond motifs is 1. The van der Waals surface area contributed by atoms with Gasteiger partial charge in [0.2, 0.25) is 0 Å². The van der Waals surface area contributed by atoms with Crippen LogP contribution in [-0.2, 0) is 6.42 Å². The van der Waals surface area contributed by atoms with Gasteiger partial charge in [-0.25, -0.2) is 14.4 Å². The lowest BCUT2D eigenvalue weighted by atomic mass is 10.1. The Hall–Kier alpha value is -3.31. The Labute approximate surface area is 159 Å². The maximum absolute atomic E-state index is 13.2. The Morgan fingerprint density at radius 3 is 2.74 bits per heavy atom. The largest absolute Gasteiger partial charge is 0.305 e. The third-order valence-corrected chi connectivity index (χ3v) is 5.29. The molecule has 0 N–H and O–H groups in total. The quantitative estimate of drug-likeness (QED) is 0.532. The number of hydrogen-bond acceptors (Lipinski definition) is 6. The summed E-state index contributed by atoms with van der Waals surface area (Å²) in [7, 11) is 1.90.